The van der Waals surface area contributed by atoms with Gasteiger partial charge in [0.1, 0.15) is 5.82 Å². The Hall–Kier alpha value is -1.43. The largest absolute Gasteiger partial charge is 0.342 e. The van der Waals surface area contributed by atoms with Crippen molar-refractivity contribution in [3.63, 3.8) is 0 Å². The summed E-state index contributed by atoms with van der Waals surface area (Å²) in [5.41, 5.74) is 0.469. The van der Waals surface area contributed by atoms with Crippen molar-refractivity contribution in [3.05, 3.63) is 34.1 Å². The summed E-state index contributed by atoms with van der Waals surface area (Å²) < 4.78 is 13.7. The molecule has 0 atom stereocenters. The zero-order valence-electron chi connectivity index (χ0n) is 14.5. The Kier molecular flexibility index (Phi) is 5.77. The summed E-state index contributed by atoms with van der Waals surface area (Å²) >= 11 is 3.26. The van der Waals surface area contributed by atoms with Crippen LogP contribution < -0.4 is 0 Å². The number of benzene rings is 1. The lowest BCUT2D eigenvalue weighted by Crippen LogP contribution is -2.46. The molecule has 0 aromatic heterocycles. The lowest BCUT2D eigenvalue weighted by atomic mass is 9.92. The molecule has 0 bridgehead atoms. The molecule has 0 unspecified atom stereocenters. The van der Waals surface area contributed by atoms with Crippen molar-refractivity contribution in [1.82, 2.24) is 9.80 Å². The lowest BCUT2D eigenvalue weighted by molar-refractivity contribution is -0.138. The van der Waals surface area contributed by atoms with E-state index >= 15 is 0 Å². The third-order valence-electron chi connectivity index (χ3n) is 5.39. The molecule has 2 amide bonds. The van der Waals surface area contributed by atoms with Crippen molar-refractivity contribution in [2.45, 2.75) is 32.6 Å². The maximum Gasteiger partial charge on any atom is 0.255 e. The molecular formula is C19H24BrFN2O2. The number of carbonyl (C=O) groups excluding carboxylic acids is 2. The fourth-order valence-electron chi connectivity index (χ4n) is 3.65. The van der Waals surface area contributed by atoms with E-state index in [4.69, 9.17) is 0 Å². The Morgan fingerprint density at radius 2 is 1.64 bits per heavy atom. The summed E-state index contributed by atoms with van der Waals surface area (Å²) in [5.74, 6) is 0.502. The highest BCUT2D eigenvalue weighted by molar-refractivity contribution is 9.10. The van der Waals surface area contributed by atoms with E-state index in [1.54, 1.807) is 4.90 Å². The van der Waals surface area contributed by atoms with Gasteiger partial charge in [-0.2, -0.15) is 0 Å². The standard InChI is InChI=1S/C19H24BrFN2O2/c1-13-4-8-22(9-5-13)18(24)14-6-10-23(11-7-14)19(25)16-3-2-15(21)12-17(16)20/h2-3,12-14H,4-11H2,1H3. The van der Waals surface area contributed by atoms with Crippen LogP contribution in [0.4, 0.5) is 4.39 Å². The molecule has 3 rings (SSSR count). The summed E-state index contributed by atoms with van der Waals surface area (Å²) in [6, 6.07) is 4.11. The van der Waals surface area contributed by atoms with Gasteiger partial charge in [-0.1, -0.05) is 6.92 Å². The average molecular weight is 411 g/mol. The van der Waals surface area contributed by atoms with Gasteiger partial charge in [0, 0.05) is 36.6 Å². The molecule has 2 saturated heterocycles. The fraction of sp³-hybridized carbons (Fsp3) is 0.579. The first-order valence-electron chi connectivity index (χ1n) is 8.99. The van der Waals surface area contributed by atoms with Crippen LogP contribution in [0.25, 0.3) is 0 Å². The maximum atomic E-state index is 13.2. The van der Waals surface area contributed by atoms with Gasteiger partial charge in [0.05, 0.1) is 5.56 Å². The van der Waals surface area contributed by atoms with Crippen LogP contribution in [-0.4, -0.2) is 47.8 Å². The van der Waals surface area contributed by atoms with E-state index in [0.29, 0.717) is 41.9 Å². The summed E-state index contributed by atoms with van der Waals surface area (Å²) in [4.78, 5) is 29.1. The van der Waals surface area contributed by atoms with E-state index in [0.717, 1.165) is 25.9 Å². The van der Waals surface area contributed by atoms with Gasteiger partial charge in [-0.3, -0.25) is 9.59 Å². The Bertz CT molecular complexity index is 651. The van der Waals surface area contributed by atoms with Gasteiger partial charge in [-0.15, -0.1) is 0 Å². The second-order valence-electron chi connectivity index (χ2n) is 7.20. The van der Waals surface area contributed by atoms with Crippen LogP contribution in [0.1, 0.15) is 43.0 Å². The van der Waals surface area contributed by atoms with E-state index in [9.17, 15) is 14.0 Å². The maximum absolute atomic E-state index is 13.2. The predicted octanol–water partition coefficient (Wildman–Crippen LogP) is 3.70. The molecule has 0 radical (unpaired) electrons. The van der Waals surface area contributed by atoms with Crippen LogP contribution in [0.3, 0.4) is 0 Å². The van der Waals surface area contributed by atoms with Crippen molar-refractivity contribution in [3.8, 4) is 0 Å². The van der Waals surface area contributed by atoms with Crippen LogP contribution in [0, 0.1) is 17.7 Å². The van der Waals surface area contributed by atoms with E-state index in [1.165, 1.54) is 18.2 Å². The number of hydrogen-bond acceptors (Lipinski definition) is 2. The van der Waals surface area contributed by atoms with Crippen LogP contribution in [-0.2, 0) is 4.79 Å². The van der Waals surface area contributed by atoms with Crippen molar-refractivity contribution in [1.29, 1.82) is 0 Å². The van der Waals surface area contributed by atoms with Gasteiger partial charge in [-0.05, 0) is 65.7 Å². The molecule has 2 heterocycles. The zero-order valence-corrected chi connectivity index (χ0v) is 16.1. The molecule has 0 aliphatic carbocycles. The molecule has 2 aliphatic rings. The van der Waals surface area contributed by atoms with E-state index in [1.807, 2.05) is 4.90 Å². The topological polar surface area (TPSA) is 40.6 Å². The minimum atomic E-state index is -0.372. The Morgan fingerprint density at radius 1 is 1.04 bits per heavy atom. The number of halogens is 2. The Balaban J connectivity index is 1.56. The summed E-state index contributed by atoms with van der Waals surface area (Å²) in [5, 5.41) is 0. The lowest BCUT2D eigenvalue weighted by Gasteiger charge is -2.36. The van der Waals surface area contributed by atoms with Crippen LogP contribution >= 0.6 is 15.9 Å². The van der Waals surface area contributed by atoms with Crippen molar-refractivity contribution < 1.29 is 14.0 Å². The number of likely N-dealkylation sites (tertiary alicyclic amines) is 2. The highest BCUT2D eigenvalue weighted by Gasteiger charge is 2.32. The number of hydrogen-bond donors (Lipinski definition) is 0. The van der Waals surface area contributed by atoms with Crippen LogP contribution in [0.15, 0.2) is 22.7 Å². The van der Waals surface area contributed by atoms with E-state index < -0.39 is 0 Å². The summed E-state index contributed by atoms with van der Waals surface area (Å²) in [6.45, 7) is 5.11. The number of carbonyl (C=O) groups is 2. The molecule has 4 nitrogen and oxygen atoms in total. The molecular weight excluding hydrogens is 387 g/mol. The fourth-order valence-corrected chi connectivity index (χ4v) is 4.17. The molecule has 1 aromatic carbocycles. The SMILES string of the molecule is CC1CCN(C(=O)C2CCN(C(=O)c3ccc(F)cc3Br)CC2)CC1. The highest BCUT2D eigenvalue weighted by atomic mass is 79.9. The van der Waals surface area contributed by atoms with Gasteiger partial charge in [0.25, 0.3) is 5.91 Å². The molecule has 136 valence electrons. The number of rotatable bonds is 2. The second-order valence-corrected chi connectivity index (χ2v) is 8.05. The average Bonchev–Trinajstić information content (AvgIpc) is 2.61. The summed E-state index contributed by atoms with van der Waals surface area (Å²) in [7, 11) is 0. The Morgan fingerprint density at radius 3 is 2.24 bits per heavy atom. The van der Waals surface area contributed by atoms with Crippen molar-refractivity contribution in [2.75, 3.05) is 26.2 Å². The highest BCUT2D eigenvalue weighted by Crippen LogP contribution is 2.26. The van der Waals surface area contributed by atoms with E-state index in [2.05, 4.69) is 22.9 Å². The molecule has 25 heavy (non-hydrogen) atoms. The zero-order chi connectivity index (χ0) is 18.0. The predicted molar refractivity (Wildman–Crippen MR) is 97.7 cm³/mol. The van der Waals surface area contributed by atoms with Crippen molar-refractivity contribution >= 4 is 27.7 Å². The van der Waals surface area contributed by atoms with Gasteiger partial charge < -0.3 is 9.80 Å². The number of piperidine rings is 2. The summed E-state index contributed by atoms with van der Waals surface area (Å²) in [6.07, 6.45) is 3.58. The third-order valence-corrected chi connectivity index (χ3v) is 6.04. The van der Waals surface area contributed by atoms with Gasteiger partial charge in [0.2, 0.25) is 5.91 Å². The quantitative estimate of drug-likeness (QED) is 0.745. The first kappa shape index (κ1) is 18.4. The second kappa shape index (κ2) is 7.85. The molecule has 2 aliphatic heterocycles. The first-order valence-corrected chi connectivity index (χ1v) is 9.78. The molecule has 1 aromatic rings. The van der Waals surface area contributed by atoms with Crippen LogP contribution in [0.2, 0.25) is 0 Å². The monoisotopic (exact) mass is 410 g/mol. The molecule has 0 saturated carbocycles. The van der Waals surface area contributed by atoms with Gasteiger partial charge in [-0.25, -0.2) is 4.39 Å². The van der Waals surface area contributed by atoms with Gasteiger partial charge >= 0.3 is 0 Å². The third kappa shape index (κ3) is 4.22. The molecule has 0 spiro atoms. The smallest absolute Gasteiger partial charge is 0.255 e. The van der Waals surface area contributed by atoms with E-state index in [-0.39, 0.29) is 23.5 Å². The minimum absolute atomic E-state index is 0.0223. The number of amides is 2. The molecule has 2 fully saturated rings. The van der Waals surface area contributed by atoms with Crippen molar-refractivity contribution in [2.24, 2.45) is 11.8 Å². The van der Waals surface area contributed by atoms with Gasteiger partial charge in [0.15, 0.2) is 0 Å². The molecule has 6 heteroatoms. The normalized spacial score (nSPS) is 20.0. The van der Waals surface area contributed by atoms with Crippen LogP contribution in [0.5, 0.6) is 0 Å². The molecule has 0 N–H and O–H groups in total. The number of nitrogens with zero attached hydrogens (tertiary/aromatic N) is 2. The Labute approximate surface area is 156 Å². The minimum Gasteiger partial charge on any atom is -0.342 e. The first-order chi connectivity index (χ1) is 12.0.